The fourth-order valence-corrected chi connectivity index (χ4v) is 5.94. The maximum atomic E-state index is 13.2. The molecule has 1 fully saturated rings. The molecule has 0 aliphatic carbocycles. The van der Waals surface area contributed by atoms with Crippen molar-refractivity contribution >= 4 is 27.6 Å². The monoisotopic (exact) mass is 573 g/mol. The van der Waals surface area contributed by atoms with Crippen molar-refractivity contribution in [3.8, 4) is 17.2 Å². The Hall–Kier alpha value is -3.27. The Balaban J connectivity index is 1.37. The van der Waals surface area contributed by atoms with Gasteiger partial charge in [-0.2, -0.15) is 4.31 Å². The summed E-state index contributed by atoms with van der Waals surface area (Å²) in [6, 6.07) is 18.4. The first-order valence-electron chi connectivity index (χ1n) is 12.8. The lowest BCUT2D eigenvalue weighted by molar-refractivity contribution is 0.0689. The largest absolute Gasteiger partial charge is 0.490 e. The quantitative estimate of drug-likeness (QED) is 0.287. The normalized spacial score (nSPS) is 16.2. The lowest BCUT2D eigenvalue weighted by atomic mass is 10.0. The minimum absolute atomic E-state index is 0.0514. The van der Waals surface area contributed by atoms with E-state index < -0.39 is 22.1 Å². The molecule has 8 nitrogen and oxygen atoms in total. The number of ether oxygens (including phenoxy) is 3. The Morgan fingerprint density at radius 3 is 2.33 bits per heavy atom. The Kier molecular flexibility index (Phi) is 9.37. The number of carboxylic acids is 1. The molecule has 1 saturated heterocycles. The summed E-state index contributed by atoms with van der Waals surface area (Å²) in [5.74, 6) is 0.299. The average Bonchev–Trinajstić information content (AvgIpc) is 2.92. The molecule has 0 radical (unpaired) electrons. The molecule has 39 heavy (non-hydrogen) atoms. The second kappa shape index (κ2) is 12.7. The van der Waals surface area contributed by atoms with Crippen molar-refractivity contribution in [2.75, 3.05) is 26.3 Å². The summed E-state index contributed by atoms with van der Waals surface area (Å²) in [6.45, 7) is 5.04. The first-order valence-corrected chi connectivity index (χ1v) is 14.6. The highest BCUT2D eigenvalue weighted by atomic mass is 35.5. The lowest BCUT2D eigenvalue weighted by Gasteiger charge is -2.32. The second-order valence-electron chi connectivity index (χ2n) is 9.58. The maximum Gasteiger partial charge on any atom is 0.339 e. The molecule has 10 heteroatoms. The second-order valence-corrected chi connectivity index (χ2v) is 12.0. The fourth-order valence-electron chi connectivity index (χ4n) is 4.30. The number of rotatable bonds is 11. The number of hydrogen-bond donors (Lipinski definition) is 1. The third-order valence-electron chi connectivity index (χ3n) is 6.43. The molecule has 208 valence electrons. The topological polar surface area (TPSA) is 102 Å². The zero-order valence-electron chi connectivity index (χ0n) is 21.9. The summed E-state index contributed by atoms with van der Waals surface area (Å²) in [4.78, 5) is 12.1. The standard InChI is InChI=1S/C29H32ClNO7S/c1-20(2)21-5-12-26(13-6-21)39(34,35)31-15-3-4-25(19-31)38-24-11-14-28(27(18-24)29(32)33)37-17-16-36-23-9-7-22(30)8-10-23/h5-14,18,20,25H,3-4,15-17,19H2,1-2H3,(H,32,33)/t25-/m1/s1. The third-order valence-corrected chi connectivity index (χ3v) is 8.56. The molecular weight excluding hydrogens is 542 g/mol. The molecule has 3 aromatic rings. The molecule has 0 unspecified atom stereocenters. The van der Waals surface area contributed by atoms with E-state index in [0.717, 1.165) is 5.56 Å². The van der Waals surface area contributed by atoms with Crippen LogP contribution in [0.5, 0.6) is 17.2 Å². The highest BCUT2D eigenvalue weighted by Gasteiger charge is 2.31. The molecule has 0 saturated carbocycles. The summed E-state index contributed by atoms with van der Waals surface area (Å²) >= 11 is 5.86. The molecule has 0 bridgehead atoms. The van der Waals surface area contributed by atoms with Gasteiger partial charge in [0.15, 0.2) is 0 Å². The van der Waals surface area contributed by atoms with E-state index in [1.165, 1.54) is 16.4 Å². The lowest BCUT2D eigenvalue weighted by Crippen LogP contribution is -2.44. The first kappa shape index (κ1) is 28.7. The molecular formula is C29H32ClNO7S. The van der Waals surface area contributed by atoms with Crippen LogP contribution in [0.25, 0.3) is 0 Å². The van der Waals surface area contributed by atoms with Gasteiger partial charge in [-0.25, -0.2) is 13.2 Å². The number of aromatic carboxylic acids is 1. The van der Waals surface area contributed by atoms with Gasteiger partial charge in [0, 0.05) is 11.6 Å². The summed E-state index contributed by atoms with van der Waals surface area (Å²) in [5, 5.41) is 10.3. The Morgan fingerprint density at radius 1 is 1.00 bits per heavy atom. The maximum absolute atomic E-state index is 13.2. The van der Waals surface area contributed by atoms with Gasteiger partial charge in [-0.1, -0.05) is 37.6 Å². The van der Waals surface area contributed by atoms with Crippen molar-refractivity contribution in [3.63, 3.8) is 0 Å². The number of hydrogen-bond acceptors (Lipinski definition) is 6. The number of sulfonamides is 1. The fraction of sp³-hybridized carbons (Fsp3) is 0.345. The molecule has 0 aromatic heterocycles. The van der Waals surface area contributed by atoms with Crippen LogP contribution in [0.3, 0.4) is 0 Å². The zero-order valence-corrected chi connectivity index (χ0v) is 23.5. The van der Waals surface area contributed by atoms with Gasteiger partial charge in [0.2, 0.25) is 10.0 Å². The van der Waals surface area contributed by atoms with Crippen LogP contribution in [-0.2, 0) is 10.0 Å². The number of benzene rings is 3. The summed E-state index contributed by atoms with van der Waals surface area (Å²) in [6.07, 6.45) is 0.875. The minimum atomic E-state index is -3.67. The van der Waals surface area contributed by atoms with Crippen LogP contribution >= 0.6 is 11.6 Å². The summed E-state index contributed by atoms with van der Waals surface area (Å²) < 4.78 is 45.2. The van der Waals surface area contributed by atoms with Crippen molar-refractivity contribution in [2.24, 2.45) is 0 Å². The highest BCUT2D eigenvalue weighted by Crippen LogP contribution is 2.28. The van der Waals surface area contributed by atoms with E-state index in [0.29, 0.717) is 41.8 Å². The van der Waals surface area contributed by atoms with Crippen LogP contribution in [0.15, 0.2) is 71.6 Å². The molecule has 1 N–H and O–H groups in total. The zero-order chi connectivity index (χ0) is 28.0. The predicted molar refractivity (Wildman–Crippen MR) is 149 cm³/mol. The Morgan fingerprint density at radius 2 is 1.67 bits per heavy atom. The van der Waals surface area contributed by atoms with Gasteiger partial charge in [0.05, 0.1) is 11.4 Å². The van der Waals surface area contributed by atoms with Gasteiger partial charge in [-0.15, -0.1) is 0 Å². The number of halogens is 1. The molecule has 1 heterocycles. The van der Waals surface area contributed by atoms with Gasteiger partial charge in [0.25, 0.3) is 0 Å². The molecule has 1 aliphatic rings. The van der Waals surface area contributed by atoms with Crippen LogP contribution in [0.2, 0.25) is 5.02 Å². The molecule has 1 atom stereocenters. The number of carboxylic acid groups (broad SMARTS) is 1. The van der Waals surface area contributed by atoms with Crippen molar-refractivity contribution in [2.45, 2.75) is 43.6 Å². The van der Waals surface area contributed by atoms with E-state index >= 15 is 0 Å². The van der Waals surface area contributed by atoms with Crippen LogP contribution < -0.4 is 14.2 Å². The first-order chi connectivity index (χ1) is 18.6. The van der Waals surface area contributed by atoms with E-state index in [4.69, 9.17) is 25.8 Å². The summed E-state index contributed by atoms with van der Waals surface area (Å²) in [7, 11) is -3.67. The van der Waals surface area contributed by atoms with Gasteiger partial charge in [-0.3, -0.25) is 0 Å². The molecule has 0 spiro atoms. The highest BCUT2D eigenvalue weighted by molar-refractivity contribution is 7.89. The van der Waals surface area contributed by atoms with Crippen LogP contribution in [-0.4, -0.2) is 56.2 Å². The SMILES string of the molecule is CC(C)c1ccc(S(=O)(=O)N2CCC[C@@H](Oc3ccc(OCCOc4ccc(Cl)cc4)c(C(=O)O)c3)C2)cc1. The van der Waals surface area contributed by atoms with Crippen LogP contribution in [0, 0.1) is 0 Å². The van der Waals surface area contributed by atoms with E-state index in [2.05, 4.69) is 13.8 Å². The van der Waals surface area contributed by atoms with E-state index in [1.807, 2.05) is 12.1 Å². The van der Waals surface area contributed by atoms with Crippen molar-refractivity contribution in [3.05, 3.63) is 82.9 Å². The Bertz CT molecular complexity index is 1380. The van der Waals surface area contributed by atoms with Crippen LogP contribution in [0.4, 0.5) is 0 Å². The number of nitrogens with zero attached hydrogens (tertiary/aromatic N) is 1. The number of piperidine rings is 1. The van der Waals surface area contributed by atoms with Gasteiger partial charge in [0.1, 0.15) is 42.1 Å². The van der Waals surface area contributed by atoms with E-state index in [9.17, 15) is 18.3 Å². The Labute approximate surface area is 234 Å². The molecule has 0 amide bonds. The smallest absolute Gasteiger partial charge is 0.339 e. The third kappa shape index (κ3) is 7.44. The van der Waals surface area contributed by atoms with Crippen LogP contribution in [0.1, 0.15) is 48.5 Å². The predicted octanol–water partition coefficient (Wildman–Crippen LogP) is 5.85. The van der Waals surface area contributed by atoms with E-state index in [1.54, 1.807) is 42.5 Å². The van der Waals surface area contributed by atoms with Gasteiger partial charge >= 0.3 is 5.97 Å². The minimum Gasteiger partial charge on any atom is -0.490 e. The molecule has 3 aromatic carbocycles. The summed E-state index contributed by atoms with van der Waals surface area (Å²) in [5.41, 5.74) is 1.02. The molecule has 1 aliphatic heterocycles. The average molecular weight is 574 g/mol. The van der Waals surface area contributed by atoms with Crippen molar-refractivity contribution in [1.82, 2.24) is 4.31 Å². The van der Waals surface area contributed by atoms with Crippen molar-refractivity contribution < 1.29 is 32.5 Å². The molecule has 4 rings (SSSR count). The van der Waals surface area contributed by atoms with Crippen molar-refractivity contribution in [1.29, 1.82) is 0 Å². The van der Waals surface area contributed by atoms with Gasteiger partial charge < -0.3 is 19.3 Å². The van der Waals surface area contributed by atoms with Gasteiger partial charge in [-0.05, 0) is 78.9 Å². The van der Waals surface area contributed by atoms with E-state index in [-0.39, 0.29) is 36.0 Å². The number of carbonyl (C=O) groups is 1.